The lowest BCUT2D eigenvalue weighted by atomic mass is 9.77. The van der Waals surface area contributed by atoms with E-state index in [0.29, 0.717) is 5.69 Å². The SMILES string of the molecule is CCC1(CO)CCN(CC(=O)Nc2cc([N+](=O)[O-])ccc2C)CC1. The summed E-state index contributed by atoms with van der Waals surface area (Å²) in [6, 6.07) is 4.44. The van der Waals surface area contributed by atoms with E-state index in [1.807, 2.05) is 0 Å². The molecule has 0 aliphatic carbocycles. The topological polar surface area (TPSA) is 95.7 Å². The smallest absolute Gasteiger partial charge is 0.271 e. The molecule has 0 unspecified atom stereocenters. The Labute approximate surface area is 141 Å². The van der Waals surface area contributed by atoms with Gasteiger partial charge in [0, 0.05) is 18.7 Å². The number of likely N-dealkylation sites (tertiary alicyclic amines) is 1. The molecule has 1 fully saturated rings. The van der Waals surface area contributed by atoms with Crippen LogP contribution in [0, 0.1) is 22.5 Å². The zero-order valence-electron chi connectivity index (χ0n) is 14.2. The fourth-order valence-corrected chi connectivity index (χ4v) is 3.06. The summed E-state index contributed by atoms with van der Waals surface area (Å²) >= 11 is 0. The number of carbonyl (C=O) groups is 1. The van der Waals surface area contributed by atoms with E-state index >= 15 is 0 Å². The van der Waals surface area contributed by atoms with Gasteiger partial charge in [-0.25, -0.2) is 0 Å². The Morgan fingerprint density at radius 1 is 1.42 bits per heavy atom. The summed E-state index contributed by atoms with van der Waals surface area (Å²) in [5.74, 6) is -0.174. The second kappa shape index (κ2) is 7.72. The van der Waals surface area contributed by atoms with E-state index in [0.717, 1.165) is 37.9 Å². The van der Waals surface area contributed by atoms with E-state index in [2.05, 4.69) is 17.1 Å². The summed E-state index contributed by atoms with van der Waals surface area (Å²) in [6.07, 6.45) is 2.70. The number of anilines is 1. The summed E-state index contributed by atoms with van der Waals surface area (Å²) in [4.78, 5) is 24.7. The Bertz CT molecular complexity index is 604. The number of hydrogen-bond donors (Lipinski definition) is 2. The van der Waals surface area contributed by atoms with Crippen molar-refractivity contribution in [3.8, 4) is 0 Å². The molecule has 0 atom stereocenters. The lowest BCUT2D eigenvalue weighted by Gasteiger charge is -2.39. The molecule has 7 nitrogen and oxygen atoms in total. The highest BCUT2D eigenvalue weighted by atomic mass is 16.6. The Kier molecular flexibility index (Phi) is 5.90. The maximum absolute atomic E-state index is 12.2. The second-order valence-electron chi connectivity index (χ2n) is 6.59. The molecule has 2 N–H and O–H groups in total. The van der Waals surface area contributed by atoms with Crippen molar-refractivity contribution >= 4 is 17.3 Å². The van der Waals surface area contributed by atoms with Crippen LogP contribution in [0.15, 0.2) is 18.2 Å². The Hall–Kier alpha value is -1.99. The predicted octanol–water partition coefficient (Wildman–Crippen LogP) is 2.33. The first kappa shape index (κ1) is 18.4. The van der Waals surface area contributed by atoms with Crippen molar-refractivity contribution in [2.45, 2.75) is 33.1 Å². The standard InChI is InChI=1S/C17H25N3O4/c1-3-17(12-21)6-8-19(9-7-17)11-16(22)18-15-10-14(20(23)24)5-4-13(15)2/h4-5,10,21H,3,6-9,11-12H2,1-2H3,(H,18,22). The van der Waals surface area contributed by atoms with Crippen LogP contribution in [0.4, 0.5) is 11.4 Å². The fraction of sp³-hybridized carbons (Fsp3) is 0.588. The molecule has 0 aromatic heterocycles. The lowest BCUT2D eigenvalue weighted by Crippen LogP contribution is -2.44. The van der Waals surface area contributed by atoms with Crippen molar-refractivity contribution in [3.63, 3.8) is 0 Å². The molecule has 132 valence electrons. The first-order valence-corrected chi connectivity index (χ1v) is 8.27. The van der Waals surface area contributed by atoms with Crippen molar-refractivity contribution in [3.05, 3.63) is 33.9 Å². The number of non-ortho nitro benzene ring substituents is 1. The molecule has 24 heavy (non-hydrogen) atoms. The van der Waals surface area contributed by atoms with Crippen LogP contribution >= 0.6 is 0 Å². The van der Waals surface area contributed by atoms with Gasteiger partial charge < -0.3 is 10.4 Å². The molecule has 2 rings (SSSR count). The highest BCUT2D eigenvalue weighted by molar-refractivity contribution is 5.93. The van der Waals surface area contributed by atoms with Crippen molar-refractivity contribution < 1.29 is 14.8 Å². The number of piperidine rings is 1. The van der Waals surface area contributed by atoms with E-state index < -0.39 is 4.92 Å². The molecule has 1 saturated heterocycles. The number of nitro groups is 1. The van der Waals surface area contributed by atoms with E-state index in [9.17, 15) is 20.0 Å². The highest BCUT2D eigenvalue weighted by Gasteiger charge is 2.32. The first-order valence-electron chi connectivity index (χ1n) is 8.27. The van der Waals surface area contributed by atoms with Gasteiger partial charge in [-0.15, -0.1) is 0 Å². The number of nitrogens with one attached hydrogen (secondary N) is 1. The van der Waals surface area contributed by atoms with Gasteiger partial charge in [0.2, 0.25) is 5.91 Å². The summed E-state index contributed by atoms with van der Waals surface area (Å²) in [5.41, 5.74) is 1.22. The van der Waals surface area contributed by atoms with Gasteiger partial charge in [0.15, 0.2) is 0 Å². The maximum Gasteiger partial charge on any atom is 0.271 e. The molecule has 1 heterocycles. The van der Waals surface area contributed by atoms with Gasteiger partial charge in [0.1, 0.15) is 0 Å². The monoisotopic (exact) mass is 335 g/mol. The molecular weight excluding hydrogens is 310 g/mol. The van der Waals surface area contributed by atoms with Gasteiger partial charge in [-0.1, -0.05) is 13.0 Å². The van der Waals surface area contributed by atoms with Crippen molar-refractivity contribution in [2.24, 2.45) is 5.41 Å². The zero-order chi connectivity index (χ0) is 17.7. The minimum Gasteiger partial charge on any atom is -0.396 e. The van der Waals surface area contributed by atoms with Crippen molar-refractivity contribution in [1.82, 2.24) is 4.90 Å². The average molecular weight is 335 g/mol. The summed E-state index contributed by atoms with van der Waals surface area (Å²) in [7, 11) is 0. The van der Waals surface area contributed by atoms with Crippen LogP contribution in [-0.2, 0) is 4.79 Å². The number of nitrogens with zero attached hydrogens (tertiary/aromatic N) is 2. The molecule has 1 aliphatic heterocycles. The van der Waals surface area contributed by atoms with Crippen LogP contribution in [0.1, 0.15) is 31.7 Å². The molecule has 1 amide bonds. The third-order valence-electron chi connectivity index (χ3n) is 5.08. The Morgan fingerprint density at radius 3 is 2.62 bits per heavy atom. The number of benzene rings is 1. The number of amides is 1. The normalized spacial score (nSPS) is 17.5. The quantitative estimate of drug-likeness (QED) is 0.614. The third-order valence-corrected chi connectivity index (χ3v) is 5.08. The Morgan fingerprint density at radius 2 is 2.08 bits per heavy atom. The highest BCUT2D eigenvalue weighted by Crippen LogP contribution is 2.34. The van der Waals surface area contributed by atoms with Crippen molar-refractivity contribution in [2.75, 3.05) is 31.6 Å². The van der Waals surface area contributed by atoms with Crippen LogP contribution in [0.25, 0.3) is 0 Å². The molecule has 7 heteroatoms. The van der Waals surface area contributed by atoms with Crippen molar-refractivity contribution in [1.29, 1.82) is 0 Å². The zero-order valence-corrected chi connectivity index (χ0v) is 14.2. The summed E-state index contributed by atoms with van der Waals surface area (Å²) in [6.45, 7) is 5.88. The van der Waals surface area contributed by atoms with Gasteiger partial charge in [-0.05, 0) is 50.3 Å². The third kappa shape index (κ3) is 4.30. The summed E-state index contributed by atoms with van der Waals surface area (Å²) in [5, 5.41) is 23.2. The number of aliphatic hydroxyl groups is 1. The fourth-order valence-electron chi connectivity index (χ4n) is 3.06. The van der Waals surface area contributed by atoms with Crippen LogP contribution in [0.5, 0.6) is 0 Å². The maximum atomic E-state index is 12.2. The van der Waals surface area contributed by atoms with Gasteiger partial charge in [-0.3, -0.25) is 19.8 Å². The van der Waals surface area contributed by atoms with Crippen LogP contribution in [0.2, 0.25) is 0 Å². The minimum absolute atomic E-state index is 0.0103. The summed E-state index contributed by atoms with van der Waals surface area (Å²) < 4.78 is 0. The lowest BCUT2D eigenvalue weighted by molar-refractivity contribution is -0.384. The second-order valence-corrected chi connectivity index (χ2v) is 6.59. The van der Waals surface area contributed by atoms with Crippen LogP contribution < -0.4 is 5.32 Å². The first-order chi connectivity index (χ1) is 11.4. The van der Waals surface area contributed by atoms with Crippen LogP contribution in [0.3, 0.4) is 0 Å². The van der Waals surface area contributed by atoms with E-state index in [1.165, 1.54) is 12.1 Å². The molecule has 1 aromatic rings. The molecular formula is C17H25N3O4. The van der Waals surface area contributed by atoms with Gasteiger partial charge in [0.25, 0.3) is 5.69 Å². The molecule has 0 spiro atoms. The number of hydrogen-bond acceptors (Lipinski definition) is 5. The van der Waals surface area contributed by atoms with E-state index in [1.54, 1.807) is 13.0 Å². The molecule has 1 aliphatic rings. The largest absolute Gasteiger partial charge is 0.396 e. The predicted molar refractivity (Wildman–Crippen MR) is 91.9 cm³/mol. The number of nitro benzene ring substituents is 1. The van der Waals surface area contributed by atoms with Gasteiger partial charge in [-0.2, -0.15) is 0 Å². The van der Waals surface area contributed by atoms with Gasteiger partial charge >= 0.3 is 0 Å². The minimum atomic E-state index is -0.473. The molecule has 0 saturated carbocycles. The van der Waals surface area contributed by atoms with Gasteiger partial charge in [0.05, 0.1) is 17.2 Å². The number of aliphatic hydroxyl groups excluding tert-OH is 1. The molecule has 0 radical (unpaired) electrons. The number of aryl methyl sites for hydroxylation is 1. The van der Waals surface area contributed by atoms with E-state index in [4.69, 9.17) is 0 Å². The molecule has 1 aromatic carbocycles. The molecule has 0 bridgehead atoms. The average Bonchev–Trinajstić information content (AvgIpc) is 2.57. The van der Waals surface area contributed by atoms with E-state index in [-0.39, 0.29) is 30.2 Å². The number of carbonyl (C=O) groups excluding carboxylic acids is 1. The van der Waals surface area contributed by atoms with Crippen LogP contribution in [-0.4, -0.2) is 47.1 Å². The number of rotatable bonds is 6. The Balaban J connectivity index is 1.93.